The first-order valence-electron chi connectivity index (χ1n) is 7.68. The van der Waals surface area contributed by atoms with E-state index >= 15 is 0 Å². The molecule has 2 aromatic rings. The summed E-state index contributed by atoms with van der Waals surface area (Å²) in [4.78, 5) is 28.2. The molecule has 2 aromatic heterocycles. The van der Waals surface area contributed by atoms with Crippen LogP contribution in [0.25, 0.3) is 5.65 Å². The maximum atomic E-state index is 12.4. The average Bonchev–Trinajstić information content (AvgIpc) is 2.90. The first kappa shape index (κ1) is 16.9. The van der Waals surface area contributed by atoms with Crippen LogP contribution in [0.5, 0.6) is 0 Å². The second kappa shape index (κ2) is 6.36. The van der Waals surface area contributed by atoms with E-state index in [0.29, 0.717) is 29.7 Å². The fraction of sp³-hybridized carbons (Fsp3) is 0.500. The molecule has 0 unspecified atom stereocenters. The van der Waals surface area contributed by atoms with Gasteiger partial charge >= 0.3 is 5.97 Å². The third kappa shape index (κ3) is 3.04. The predicted octanol–water partition coefficient (Wildman–Crippen LogP) is 1.97. The van der Waals surface area contributed by atoms with Gasteiger partial charge in [-0.05, 0) is 26.7 Å². The molecule has 7 nitrogen and oxygen atoms in total. The SMILES string of the molecule is CCC(CC)(CNC(=O)c1cnc2cc(C)nn2c1C)C(=O)O. The number of aliphatic carboxylic acids is 1. The summed E-state index contributed by atoms with van der Waals surface area (Å²) in [6, 6.07) is 1.83. The van der Waals surface area contributed by atoms with Crippen molar-refractivity contribution in [2.24, 2.45) is 5.41 Å². The van der Waals surface area contributed by atoms with Crippen LogP contribution in [0.15, 0.2) is 12.3 Å². The normalized spacial score (nSPS) is 11.7. The summed E-state index contributed by atoms with van der Waals surface area (Å²) >= 11 is 0. The quantitative estimate of drug-likeness (QED) is 0.848. The molecule has 0 saturated carbocycles. The van der Waals surface area contributed by atoms with Crippen molar-refractivity contribution in [2.75, 3.05) is 6.54 Å². The van der Waals surface area contributed by atoms with Gasteiger partial charge in [-0.1, -0.05) is 13.8 Å². The lowest BCUT2D eigenvalue weighted by atomic mass is 9.82. The Labute approximate surface area is 134 Å². The van der Waals surface area contributed by atoms with Crippen molar-refractivity contribution in [1.82, 2.24) is 19.9 Å². The highest BCUT2D eigenvalue weighted by Crippen LogP contribution is 2.25. The van der Waals surface area contributed by atoms with Gasteiger partial charge < -0.3 is 10.4 Å². The molecule has 0 bridgehead atoms. The van der Waals surface area contributed by atoms with E-state index in [-0.39, 0.29) is 12.5 Å². The van der Waals surface area contributed by atoms with Crippen molar-refractivity contribution in [1.29, 1.82) is 0 Å². The Bertz CT molecular complexity index is 747. The Balaban J connectivity index is 2.24. The van der Waals surface area contributed by atoms with E-state index in [4.69, 9.17) is 0 Å². The number of carbonyl (C=O) groups is 2. The monoisotopic (exact) mass is 318 g/mol. The highest BCUT2D eigenvalue weighted by atomic mass is 16.4. The number of hydrogen-bond acceptors (Lipinski definition) is 4. The fourth-order valence-corrected chi connectivity index (χ4v) is 2.61. The van der Waals surface area contributed by atoms with E-state index in [1.54, 1.807) is 11.4 Å². The van der Waals surface area contributed by atoms with Gasteiger partial charge in [0.25, 0.3) is 5.91 Å². The standard InChI is InChI=1S/C16H22N4O3/c1-5-16(6-2,15(22)23)9-18-14(21)12-8-17-13-7-10(3)19-20(13)11(12)4/h7-8H,5-6,9H2,1-4H3,(H,18,21)(H,22,23). The Hall–Kier alpha value is -2.44. The molecule has 0 aliphatic carbocycles. The van der Waals surface area contributed by atoms with Gasteiger partial charge in [-0.3, -0.25) is 9.59 Å². The van der Waals surface area contributed by atoms with Gasteiger partial charge in [-0.15, -0.1) is 0 Å². The van der Waals surface area contributed by atoms with Gasteiger partial charge in [0, 0.05) is 18.8 Å². The van der Waals surface area contributed by atoms with Crippen LogP contribution in [-0.2, 0) is 4.79 Å². The first-order chi connectivity index (χ1) is 10.8. The highest BCUT2D eigenvalue weighted by molar-refractivity contribution is 5.95. The van der Waals surface area contributed by atoms with Gasteiger partial charge in [0.05, 0.1) is 22.4 Å². The van der Waals surface area contributed by atoms with E-state index in [9.17, 15) is 14.7 Å². The molecule has 2 N–H and O–H groups in total. The number of carbonyl (C=O) groups excluding carboxylic acids is 1. The number of fused-ring (bicyclic) bond motifs is 1. The number of rotatable bonds is 6. The van der Waals surface area contributed by atoms with Crippen LogP contribution < -0.4 is 5.32 Å². The highest BCUT2D eigenvalue weighted by Gasteiger charge is 2.35. The number of carboxylic acid groups (broad SMARTS) is 1. The van der Waals surface area contributed by atoms with Crippen molar-refractivity contribution in [3.8, 4) is 0 Å². The van der Waals surface area contributed by atoms with E-state index < -0.39 is 11.4 Å². The molecule has 124 valence electrons. The largest absolute Gasteiger partial charge is 0.481 e. The summed E-state index contributed by atoms with van der Waals surface area (Å²) < 4.78 is 1.62. The van der Waals surface area contributed by atoms with E-state index in [0.717, 1.165) is 5.69 Å². The van der Waals surface area contributed by atoms with Crippen LogP contribution in [0.2, 0.25) is 0 Å². The van der Waals surface area contributed by atoms with Crippen molar-refractivity contribution in [2.45, 2.75) is 40.5 Å². The van der Waals surface area contributed by atoms with Gasteiger partial charge in [-0.2, -0.15) is 5.10 Å². The average molecular weight is 318 g/mol. The van der Waals surface area contributed by atoms with Gasteiger partial charge in [-0.25, -0.2) is 9.50 Å². The number of aryl methyl sites for hydroxylation is 2. The number of nitrogens with zero attached hydrogens (tertiary/aromatic N) is 3. The molecule has 0 saturated heterocycles. The summed E-state index contributed by atoms with van der Waals surface area (Å²) in [6.07, 6.45) is 2.41. The lowest BCUT2D eigenvalue weighted by Crippen LogP contribution is -2.42. The van der Waals surface area contributed by atoms with Crippen LogP contribution in [0.1, 0.15) is 48.4 Å². The third-order valence-electron chi connectivity index (χ3n) is 4.49. The number of carboxylic acids is 1. The topological polar surface area (TPSA) is 96.6 Å². The van der Waals surface area contributed by atoms with E-state index in [1.165, 1.54) is 6.20 Å². The van der Waals surface area contributed by atoms with Gasteiger partial charge in [0.2, 0.25) is 0 Å². The molecule has 0 aliphatic heterocycles. The van der Waals surface area contributed by atoms with Gasteiger partial charge in [0.15, 0.2) is 5.65 Å². The van der Waals surface area contributed by atoms with Crippen LogP contribution in [0, 0.1) is 19.3 Å². The van der Waals surface area contributed by atoms with Gasteiger partial charge in [0.1, 0.15) is 0 Å². The van der Waals surface area contributed by atoms with Crippen LogP contribution in [0.3, 0.4) is 0 Å². The maximum absolute atomic E-state index is 12.4. The number of aromatic nitrogens is 3. The number of hydrogen-bond donors (Lipinski definition) is 2. The second-order valence-electron chi connectivity index (χ2n) is 5.79. The zero-order valence-electron chi connectivity index (χ0n) is 13.9. The molecule has 2 heterocycles. The Morgan fingerprint density at radius 1 is 1.30 bits per heavy atom. The molecule has 0 atom stereocenters. The van der Waals surface area contributed by atoms with Crippen molar-refractivity contribution >= 4 is 17.5 Å². The van der Waals surface area contributed by atoms with E-state index in [2.05, 4.69) is 15.4 Å². The summed E-state index contributed by atoms with van der Waals surface area (Å²) in [6.45, 7) is 7.37. The molecular weight excluding hydrogens is 296 g/mol. The van der Waals surface area contributed by atoms with Crippen LogP contribution >= 0.6 is 0 Å². The molecule has 0 aromatic carbocycles. The number of amides is 1. The van der Waals surface area contributed by atoms with Crippen molar-refractivity contribution in [3.05, 3.63) is 29.2 Å². The van der Waals surface area contributed by atoms with Crippen LogP contribution in [0.4, 0.5) is 0 Å². The predicted molar refractivity (Wildman–Crippen MR) is 85.4 cm³/mol. The molecule has 0 aliphatic rings. The van der Waals surface area contributed by atoms with E-state index in [1.807, 2.05) is 26.8 Å². The lowest BCUT2D eigenvalue weighted by molar-refractivity contribution is -0.149. The fourth-order valence-electron chi connectivity index (χ4n) is 2.61. The minimum absolute atomic E-state index is 0.0871. The molecule has 7 heteroatoms. The molecule has 23 heavy (non-hydrogen) atoms. The summed E-state index contributed by atoms with van der Waals surface area (Å²) in [5.74, 6) is -1.23. The second-order valence-corrected chi connectivity index (χ2v) is 5.79. The van der Waals surface area contributed by atoms with Crippen molar-refractivity contribution < 1.29 is 14.7 Å². The Morgan fingerprint density at radius 3 is 2.52 bits per heavy atom. The zero-order valence-corrected chi connectivity index (χ0v) is 13.9. The zero-order chi connectivity index (χ0) is 17.2. The lowest BCUT2D eigenvalue weighted by Gasteiger charge is -2.26. The summed E-state index contributed by atoms with van der Waals surface area (Å²) in [7, 11) is 0. The molecule has 0 fully saturated rings. The smallest absolute Gasteiger partial charge is 0.311 e. The molecule has 1 amide bonds. The summed E-state index contributed by atoms with van der Waals surface area (Å²) in [5, 5.41) is 16.5. The minimum atomic E-state index is -0.941. The molecule has 2 rings (SSSR count). The van der Waals surface area contributed by atoms with Crippen LogP contribution in [-0.4, -0.2) is 38.1 Å². The maximum Gasteiger partial charge on any atom is 0.311 e. The molecule has 0 radical (unpaired) electrons. The molecule has 0 spiro atoms. The first-order valence-corrected chi connectivity index (χ1v) is 7.68. The third-order valence-corrected chi connectivity index (χ3v) is 4.49. The minimum Gasteiger partial charge on any atom is -0.481 e. The Morgan fingerprint density at radius 2 is 1.96 bits per heavy atom. The number of nitrogens with one attached hydrogen (secondary N) is 1. The molecular formula is C16H22N4O3. The van der Waals surface area contributed by atoms with Crippen molar-refractivity contribution in [3.63, 3.8) is 0 Å². The summed E-state index contributed by atoms with van der Waals surface area (Å²) in [5.41, 5.74) is 1.63. The Kier molecular flexibility index (Phi) is 4.68.